The van der Waals surface area contributed by atoms with Gasteiger partial charge in [-0.3, -0.25) is 4.79 Å². The van der Waals surface area contributed by atoms with Crippen molar-refractivity contribution >= 4 is 5.97 Å². The van der Waals surface area contributed by atoms with Crippen LogP contribution in [0.15, 0.2) is 24.3 Å². The molecule has 20 heavy (non-hydrogen) atoms. The zero-order chi connectivity index (χ0) is 15.0. The first-order valence-electron chi connectivity index (χ1n) is 6.72. The van der Waals surface area contributed by atoms with Gasteiger partial charge in [0.1, 0.15) is 18.4 Å². The Morgan fingerprint density at radius 1 is 1.35 bits per heavy atom. The molecule has 0 spiro atoms. The van der Waals surface area contributed by atoms with Crippen LogP contribution in [0.25, 0.3) is 0 Å². The molecule has 0 aliphatic rings. The summed E-state index contributed by atoms with van der Waals surface area (Å²) in [5.41, 5.74) is 0.931. The Morgan fingerprint density at radius 3 is 2.70 bits per heavy atom. The summed E-state index contributed by atoms with van der Waals surface area (Å²) in [5.74, 6) is -0.113. The molecule has 1 atom stereocenters. The lowest BCUT2D eigenvalue weighted by atomic mass is 10.1. The molecule has 0 fully saturated rings. The van der Waals surface area contributed by atoms with Crippen molar-refractivity contribution < 1.29 is 19.4 Å². The Labute approximate surface area is 119 Å². The fraction of sp³-hybridized carbons (Fsp3) is 0.533. The van der Waals surface area contributed by atoms with Crippen molar-refractivity contribution in [2.24, 2.45) is 0 Å². The van der Waals surface area contributed by atoms with Crippen molar-refractivity contribution in [1.82, 2.24) is 5.32 Å². The SMILES string of the molecule is COCCOc1cccc(CC(NC(C)C)C(=O)O)c1. The minimum atomic E-state index is -0.843. The molecule has 0 saturated carbocycles. The summed E-state index contributed by atoms with van der Waals surface area (Å²) >= 11 is 0. The van der Waals surface area contributed by atoms with Crippen molar-refractivity contribution in [3.8, 4) is 5.75 Å². The van der Waals surface area contributed by atoms with E-state index in [4.69, 9.17) is 9.47 Å². The van der Waals surface area contributed by atoms with Crippen LogP contribution in [0, 0.1) is 0 Å². The van der Waals surface area contributed by atoms with E-state index in [1.807, 2.05) is 38.1 Å². The third-order valence-electron chi connectivity index (χ3n) is 2.73. The summed E-state index contributed by atoms with van der Waals surface area (Å²) in [6.07, 6.45) is 0.426. The summed E-state index contributed by atoms with van der Waals surface area (Å²) < 4.78 is 10.4. The molecule has 0 aliphatic heterocycles. The average Bonchev–Trinajstić information content (AvgIpc) is 2.38. The highest BCUT2D eigenvalue weighted by Gasteiger charge is 2.18. The predicted molar refractivity (Wildman–Crippen MR) is 77.2 cm³/mol. The largest absolute Gasteiger partial charge is 0.491 e. The van der Waals surface area contributed by atoms with Crippen LogP contribution in [-0.2, 0) is 16.0 Å². The molecule has 0 radical (unpaired) electrons. The van der Waals surface area contributed by atoms with Gasteiger partial charge in [-0.2, -0.15) is 0 Å². The Balaban J connectivity index is 2.65. The number of hydrogen-bond acceptors (Lipinski definition) is 4. The topological polar surface area (TPSA) is 67.8 Å². The van der Waals surface area contributed by atoms with Crippen molar-refractivity contribution in [2.75, 3.05) is 20.3 Å². The number of nitrogens with one attached hydrogen (secondary N) is 1. The van der Waals surface area contributed by atoms with Crippen LogP contribution >= 0.6 is 0 Å². The van der Waals surface area contributed by atoms with Crippen LogP contribution in [0.5, 0.6) is 5.75 Å². The lowest BCUT2D eigenvalue weighted by Gasteiger charge is -2.17. The first-order valence-corrected chi connectivity index (χ1v) is 6.72. The first-order chi connectivity index (χ1) is 9.52. The number of rotatable bonds is 9. The summed E-state index contributed by atoms with van der Waals surface area (Å²) in [7, 11) is 1.62. The van der Waals surface area contributed by atoms with E-state index in [1.165, 1.54) is 0 Å². The van der Waals surface area contributed by atoms with Crippen molar-refractivity contribution in [1.29, 1.82) is 0 Å². The van der Waals surface area contributed by atoms with Gasteiger partial charge in [-0.15, -0.1) is 0 Å². The predicted octanol–water partition coefficient (Wildman–Crippen LogP) is 1.71. The molecule has 1 aromatic rings. The Morgan fingerprint density at radius 2 is 2.10 bits per heavy atom. The molecular formula is C15H23NO4. The number of hydrogen-bond donors (Lipinski definition) is 2. The van der Waals surface area contributed by atoms with E-state index in [9.17, 15) is 9.90 Å². The Bertz CT molecular complexity index is 420. The van der Waals surface area contributed by atoms with Gasteiger partial charge < -0.3 is 19.9 Å². The molecule has 1 aromatic carbocycles. The summed E-state index contributed by atoms with van der Waals surface area (Å²) in [6, 6.07) is 7.02. The molecule has 0 saturated heterocycles. The highest BCUT2D eigenvalue weighted by molar-refractivity contribution is 5.74. The summed E-state index contributed by atoms with van der Waals surface area (Å²) in [4.78, 5) is 11.2. The number of ether oxygens (including phenoxy) is 2. The third-order valence-corrected chi connectivity index (χ3v) is 2.73. The lowest BCUT2D eigenvalue weighted by molar-refractivity contribution is -0.139. The van der Waals surface area contributed by atoms with E-state index >= 15 is 0 Å². The van der Waals surface area contributed by atoms with Gasteiger partial charge in [0.05, 0.1) is 6.61 Å². The molecule has 1 unspecified atom stereocenters. The zero-order valence-electron chi connectivity index (χ0n) is 12.3. The minimum absolute atomic E-state index is 0.122. The average molecular weight is 281 g/mol. The second-order valence-electron chi connectivity index (χ2n) is 4.90. The maximum absolute atomic E-state index is 11.2. The Hall–Kier alpha value is -1.59. The second-order valence-corrected chi connectivity index (χ2v) is 4.90. The van der Waals surface area contributed by atoms with Crippen LogP contribution in [0.1, 0.15) is 19.4 Å². The number of carboxylic acids is 1. The van der Waals surface area contributed by atoms with E-state index in [2.05, 4.69) is 5.32 Å². The van der Waals surface area contributed by atoms with Crippen LogP contribution in [0.4, 0.5) is 0 Å². The third kappa shape index (κ3) is 6.04. The van der Waals surface area contributed by atoms with Crippen LogP contribution in [0.2, 0.25) is 0 Å². The molecule has 5 heteroatoms. The minimum Gasteiger partial charge on any atom is -0.491 e. The lowest BCUT2D eigenvalue weighted by Crippen LogP contribution is -2.42. The van der Waals surface area contributed by atoms with Gasteiger partial charge >= 0.3 is 5.97 Å². The number of carboxylic acid groups (broad SMARTS) is 1. The van der Waals surface area contributed by atoms with Gasteiger partial charge in [0.2, 0.25) is 0 Å². The van der Waals surface area contributed by atoms with Crippen molar-refractivity contribution in [3.63, 3.8) is 0 Å². The number of benzene rings is 1. The molecular weight excluding hydrogens is 258 g/mol. The van der Waals surface area contributed by atoms with Crippen molar-refractivity contribution in [3.05, 3.63) is 29.8 Å². The standard InChI is InChI=1S/C15H23NO4/c1-11(2)16-14(15(17)18)10-12-5-4-6-13(9-12)20-8-7-19-3/h4-6,9,11,14,16H,7-8,10H2,1-3H3,(H,17,18). The maximum atomic E-state index is 11.2. The molecule has 0 aliphatic carbocycles. The van der Waals surface area contributed by atoms with Crippen LogP contribution < -0.4 is 10.1 Å². The highest BCUT2D eigenvalue weighted by Crippen LogP contribution is 2.15. The Kier molecular flexibility index (Phi) is 7.04. The van der Waals surface area contributed by atoms with Crippen molar-refractivity contribution in [2.45, 2.75) is 32.4 Å². The van der Waals surface area contributed by atoms with E-state index < -0.39 is 12.0 Å². The van der Waals surface area contributed by atoms with E-state index in [1.54, 1.807) is 7.11 Å². The first kappa shape index (κ1) is 16.5. The van der Waals surface area contributed by atoms with E-state index in [0.717, 1.165) is 11.3 Å². The second kappa shape index (κ2) is 8.55. The molecule has 0 amide bonds. The monoisotopic (exact) mass is 281 g/mol. The van der Waals surface area contributed by atoms with Gasteiger partial charge in [-0.1, -0.05) is 26.0 Å². The molecule has 1 rings (SSSR count). The fourth-order valence-electron chi connectivity index (χ4n) is 1.86. The highest BCUT2D eigenvalue weighted by atomic mass is 16.5. The van der Waals surface area contributed by atoms with Gasteiger partial charge in [0.25, 0.3) is 0 Å². The number of aliphatic carboxylic acids is 1. The van der Waals surface area contributed by atoms with E-state index in [-0.39, 0.29) is 6.04 Å². The normalized spacial score (nSPS) is 12.4. The fourth-order valence-corrected chi connectivity index (χ4v) is 1.86. The van der Waals surface area contributed by atoms with Gasteiger partial charge in [0.15, 0.2) is 0 Å². The number of carbonyl (C=O) groups is 1. The summed E-state index contributed by atoms with van der Waals surface area (Å²) in [6.45, 7) is 4.86. The molecule has 0 bridgehead atoms. The quantitative estimate of drug-likeness (QED) is 0.674. The zero-order valence-corrected chi connectivity index (χ0v) is 12.3. The smallest absolute Gasteiger partial charge is 0.321 e. The molecule has 112 valence electrons. The van der Waals surface area contributed by atoms with Crippen LogP contribution in [0.3, 0.4) is 0 Å². The molecule has 5 nitrogen and oxygen atoms in total. The summed E-state index contributed by atoms with van der Waals surface area (Å²) in [5, 5.41) is 12.3. The molecule has 0 heterocycles. The van der Waals surface area contributed by atoms with Gasteiger partial charge in [0, 0.05) is 13.2 Å². The van der Waals surface area contributed by atoms with Gasteiger partial charge in [-0.25, -0.2) is 0 Å². The molecule has 2 N–H and O–H groups in total. The molecule has 0 aromatic heterocycles. The van der Waals surface area contributed by atoms with Crippen LogP contribution in [-0.4, -0.2) is 43.5 Å². The number of methoxy groups -OCH3 is 1. The van der Waals surface area contributed by atoms with Gasteiger partial charge in [-0.05, 0) is 24.1 Å². The van der Waals surface area contributed by atoms with E-state index in [0.29, 0.717) is 19.6 Å². The maximum Gasteiger partial charge on any atom is 0.321 e.